The average molecular weight is 365 g/mol. The Morgan fingerprint density at radius 3 is 2.58 bits per heavy atom. The van der Waals surface area contributed by atoms with E-state index in [0.29, 0.717) is 0 Å². The van der Waals surface area contributed by atoms with Crippen molar-refractivity contribution in [3.63, 3.8) is 0 Å². The number of allylic oxidation sites excluding steroid dienone is 2. The van der Waals surface area contributed by atoms with Gasteiger partial charge < -0.3 is 19.7 Å². The van der Waals surface area contributed by atoms with Crippen molar-refractivity contribution in [1.29, 1.82) is 0 Å². The molecule has 0 unspecified atom stereocenters. The van der Waals surface area contributed by atoms with E-state index in [1.807, 2.05) is 13.2 Å². The van der Waals surface area contributed by atoms with Gasteiger partial charge in [-0.2, -0.15) is 5.10 Å². The second-order valence-corrected chi connectivity index (χ2v) is 7.32. The van der Waals surface area contributed by atoms with Gasteiger partial charge in [-0.25, -0.2) is 0 Å². The normalized spacial score (nSPS) is 16.9. The molecule has 1 aliphatic carbocycles. The van der Waals surface area contributed by atoms with Crippen molar-refractivity contribution < 1.29 is 9.47 Å². The van der Waals surface area contributed by atoms with Crippen molar-refractivity contribution in [3.05, 3.63) is 23.5 Å². The average Bonchev–Trinajstić information content (AvgIpc) is 3.11. The van der Waals surface area contributed by atoms with E-state index in [9.17, 15) is 0 Å². The summed E-state index contributed by atoms with van der Waals surface area (Å²) in [6.45, 7) is 10.1. The third-order valence-corrected chi connectivity index (χ3v) is 5.15. The summed E-state index contributed by atoms with van der Waals surface area (Å²) in [6.07, 6.45) is 7.46. The number of ether oxygens (including phenoxy) is 2. The molecule has 1 aliphatic rings. The lowest BCUT2D eigenvalue weighted by Crippen LogP contribution is -2.34. The second kappa shape index (κ2) is 10.8. The number of H-pyrrole nitrogens is 1. The largest absolute Gasteiger partial charge is 0.381 e. The van der Waals surface area contributed by atoms with E-state index in [-0.39, 0.29) is 5.41 Å². The summed E-state index contributed by atoms with van der Waals surface area (Å²) >= 11 is 0. The zero-order valence-corrected chi connectivity index (χ0v) is 16.9. The summed E-state index contributed by atoms with van der Waals surface area (Å²) in [4.78, 5) is 2.32. The van der Waals surface area contributed by atoms with Gasteiger partial charge in [0.05, 0.1) is 25.1 Å². The fraction of sp³-hybridized carbons (Fsp3) is 0.750. The summed E-state index contributed by atoms with van der Waals surface area (Å²) in [6, 6.07) is 0. The predicted octanol–water partition coefficient (Wildman–Crippen LogP) is 2.69. The monoisotopic (exact) mass is 364 g/mol. The van der Waals surface area contributed by atoms with Crippen molar-refractivity contribution in [3.8, 4) is 0 Å². The van der Waals surface area contributed by atoms with Gasteiger partial charge in [-0.1, -0.05) is 6.08 Å². The highest BCUT2D eigenvalue weighted by Crippen LogP contribution is 2.39. The molecule has 1 heterocycles. The first-order valence-corrected chi connectivity index (χ1v) is 9.84. The van der Waals surface area contributed by atoms with Crippen molar-refractivity contribution in [2.24, 2.45) is 5.41 Å². The van der Waals surface area contributed by atoms with Gasteiger partial charge in [0, 0.05) is 43.8 Å². The highest BCUT2D eigenvalue weighted by molar-refractivity contribution is 5.66. The predicted molar refractivity (Wildman–Crippen MR) is 106 cm³/mol. The molecular formula is C20H36N4O2. The molecule has 1 aromatic rings. The summed E-state index contributed by atoms with van der Waals surface area (Å²) < 4.78 is 11.5. The smallest absolute Gasteiger partial charge is 0.0651 e. The molecule has 0 saturated heterocycles. The Kier molecular flexibility index (Phi) is 8.78. The molecule has 0 bridgehead atoms. The summed E-state index contributed by atoms with van der Waals surface area (Å²) in [5, 5.41) is 10.7. The van der Waals surface area contributed by atoms with Gasteiger partial charge in [0.2, 0.25) is 0 Å². The lowest BCUT2D eigenvalue weighted by Gasteiger charge is -2.36. The quantitative estimate of drug-likeness (QED) is 0.597. The molecule has 0 aliphatic heterocycles. The molecule has 0 amide bonds. The van der Waals surface area contributed by atoms with Crippen LogP contribution in [-0.2, 0) is 16.0 Å². The molecular weight excluding hydrogens is 328 g/mol. The molecule has 26 heavy (non-hydrogen) atoms. The molecule has 0 fully saturated rings. The summed E-state index contributed by atoms with van der Waals surface area (Å²) in [5.41, 5.74) is 3.96. The van der Waals surface area contributed by atoms with Crippen molar-refractivity contribution >= 4 is 5.57 Å². The SMILES string of the molecule is CCOCC1(COCC)CC=C(c2[nH]ncc2CN(C)CCNC)CC1. The van der Waals surface area contributed by atoms with E-state index < -0.39 is 0 Å². The molecule has 2 rings (SSSR count). The first kappa shape index (κ1) is 21.1. The van der Waals surface area contributed by atoms with E-state index in [2.05, 4.69) is 47.4 Å². The van der Waals surface area contributed by atoms with Crippen LogP contribution in [0, 0.1) is 5.41 Å². The number of aromatic amines is 1. The van der Waals surface area contributed by atoms with Crippen LogP contribution in [0.25, 0.3) is 5.57 Å². The van der Waals surface area contributed by atoms with E-state index in [1.54, 1.807) is 0 Å². The van der Waals surface area contributed by atoms with Crippen LogP contribution < -0.4 is 5.32 Å². The molecule has 1 aromatic heterocycles. The highest BCUT2D eigenvalue weighted by atomic mass is 16.5. The lowest BCUT2D eigenvalue weighted by atomic mass is 9.75. The van der Waals surface area contributed by atoms with E-state index in [1.165, 1.54) is 16.8 Å². The zero-order valence-electron chi connectivity index (χ0n) is 16.9. The van der Waals surface area contributed by atoms with Crippen LogP contribution >= 0.6 is 0 Å². The Hall–Kier alpha value is -1.21. The van der Waals surface area contributed by atoms with E-state index in [4.69, 9.17) is 9.47 Å². The second-order valence-electron chi connectivity index (χ2n) is 7.32. The maximum Gasteiger partial charge on any atom is 0.0651 e. The number of hydrogen-bond donors (Lipinski definition) is 2. The Morgan fingerprint density at radius 2 is 2.00 bits per heavy atom. The number of aromatic nitrogens is 2. The van der Waals surface area contributed by atoms with E-state index in [0.717, 1.165) is 65.3 Å². The first-order valence-electron chi connectivity index (χ1n) is 9.84. The van der Waals surface area contributed by atoms with Crippen LogP contribution in [0.3, 0.4) is 0 Å². The van der Waals surface area contributed by atoms with Gasteiger partial charge >= 0.3 is 0 Å². The zero-order chi connectivity index (χ0) is 18.8. The Bertz CT molecular complexity index is 548. The van der Waals surface area contributed by atoms with Gasteiger partial charge in [0.1, 0.15) is 0 Å². The molecule has 0 radical (unpaired) electrons. The van der Waals surface area contributed by atoms with Crippen LogP contribution in [0.4, 0.5) is 0 Å². The molecule has 6 heteroatoms. The Morgan fingerprint density at radius 1 is 1.27 bits per heavy atom. The topological polar surface area (TPSA) is 62.4 Å². The number of rotatable bonds is 12. The van der Waals surface area contributed by atoms with Crippen LogP contribution in [-0.4, -0.2) is 68.7 Å². The Balaban J connectivity index is 2.04. The first-order chi connectivity index (χ1) is 12.6. The van der Waals surface area contributed by atoms with Gasteiger partial charge in [-0.3, -0.25) is 5.10 Å². The third kappa shape index (κ3) is 5.91. The van der Waals surface area contributed by atoms with Crippen LogP contribution in [0.2, 0.25) is 0 Å². The lowest BCUT2D eigenvalue weighted by molar-refractivity contribution is -0.0210. The van der Waals surface area contributed by atoms with Crippen LogP contribution in [0.1, 0.15) is 44.4 Å². The summed E-state index contributed by atoms with van der Waals surface area (Å²) in [7, 11) is 4.14. The fourth-order valence-corrected chi connectivity index (χ4v) is 3.49. The minimum absolute atomic E-state index is 0.110. The Labute approximate surface area is 158 Å². The van der Waals surface area contributed by atoms with Gasteiger partial charge in [-0.05, 0) is 52.8 Å². The van der Waals surface area contributed by atoms with Crippen LogP contribution in [0.15, 0.2) is 12.3 Å². The minimum Gasteiger partial charge on any atom is -0.381 e. The van der Waals surface area contributed by atoms with Crippen molar-refractivity contribution in [2.75, 3.05) is 53.6 Å². The standard InChI is InChI=1S/C20H36N4O2/c1-5-25-15-20(16-26-6-2)9-7-17(8-10-20)19-18(13-22-23-19)14-24(4)12-11-21-3/h7,13,21H,5-6,8-12,14-16H2,1-4H3,(H,22,23). The molecule has 6 nitrogen and oxygen atoms in total. The molecule has 0 atom stereocenters. The van der Waals surface area contributed by atoms with Crippen molar-refractivity contribution in [1.82, 2.24) is 20.4 Å². The number of likely N-dealkylation sites (N-methyl/N-ethyl adjacent to an activating group) is 2. The van der Waals surface area contributed by atoms with Gasteiger partial charge in [0.15, 0.2) is 0 Å². The van der Waals surface area contributed by atoms with E-state index >= 15 is 0 Å². The molecule has 2 N–H and O–H groups in total. The maximum atomic E-state index is 5.77. The number of hydrogen-bond acceptors (Lipinski definition) is 5. The summed E-state index contributed by atoms with van der Waals surface area (Å²) in [5.74, 6) is 0. The van der Waals surface area contributed by atoms with Gasteiger partial charge in [0.25, 0.3) is 0 Å². The van der Waals surface area contributed by atoms with Crippen LogP contribution in [0.5, 0.6) is 0 Å². The highest BCUT2D eigenvalue weighted by Gasteiger charge is 2.33. The number of nitrogens with zero attached hydrogens (tertiary/aromatic N) is 2. The fourth-order valence-electron chi connectivity index (χ4n) is 3.49. The maximum absolute atomic E-state index is 5.77. The molecule has 0 saturated carbocycles. The van der Waals surface area contributed by atoms with Gasteiger partial charge in [-0.15, -0.1) is 0 Å². The molecule has 148 valence electrons. The number of nitrogens with one attached hydrogen (secondary N) is 2. The third-order valence-electron chi connectivity index (χ3n) is 5.15. The molecule has 0 aromatic carbocycles. The minimum atomic E-state index is 0.110. The molecule has 0 spiro atoms. The van der Waals surface area contributed by atoms with Crippen molar-refractivity contribution in [2.45, 2.75) is 39.7 Å².